The Morgan fingerprint density at radius 1 is 0.900 bits per heavy atom. The number of halogens is 8. The molecule has 1 aliphatic rings. The molecule has 3 nitrogen and oxygen atoms in total. The Kier molecular flexibility index (Phi) is 3.48. The van der Waals surface area contributed by atoms with Gasteiger partial charge in [-0.1, -0.05) is 0 Å². The monoisotopic (exact) mass is 314 g/mol. The van der Waals surface area contributed by atoms with E-state index in [-0.39, 0.29) is 0 Å². The van der Waals surface area contributed by atoms with Crippen LogP contribution in [-0.2, 0) is 14.3 Å². The van der Waals surface area contributed by atoms with Crippen molar-refractivity contribution < 1.29 is 49.4 Å². The van der Waals surface area contributed by atoms with Crippen LogP contribution in [0.4, 0.5) is 35.1 Å². The summed E-state index contributed by atoms with van der Waals surface area (Å²) in [5, 5.41) is 0. The fourth-order valence-corrected chi connectivity index (χ4v) is 1.28. The largest absolute Gasteiger partial charge is 0.461 e. The number of ether oxygens (including phenoxy) is 2. The molecular weight excluding hydrogens is 308 g/mol. The van der Waals surface area contributed by atoms with E-state index < -0.39 is 41.4 Å². The van der Waals surface area contributed by atoms with Crippen LogP contribution in [0.15, 0.2) is 11.3 Å². The third-order valence-corrected chi connectivity index (χ3v) is 2.04. The minimum absolute atomic E-state index is 0.713. The lowest BCUT2D eigenvalue weighted by atomic mass is 10.1. The van der Waals surface area contributed by atoms with Gasteiger partial charge in [-0.15, -0.1) is 0 Å². The van der Waals surface area contributed by atoms with Gasteiger partial charge in [-0.3, -0.25) is 0 Å². The molecule has 0 N–H and O–H groups in total. The van der Waals surface area contributed by atoms with Crippen molar-refractivity contribution in [1.29, 1.82) is 0 Å². The van der Waals surface area contributed by atoms with Gasteiger partial charge in [0, 0.05) is 13.8 Å². The lowest BCUT2D eigenvalue weighted by Crippen LogP contribution is -2.49. The summed E-state index contributed by atoms with van der Waals surface area (Å²) in [5.74, 6) is -13.6. The van der Waals surface area contributed by atoms with Gasteiger partial charge in [0.1, 0.15) is 0 Å². The SMILES string of the molecule is CC1(C)OC(=O)C(C(F)(F)F)=C(C(F)(F)C(F)(F)F)O1. The van der Waals surface area contributed by atoms with E-state index in [1.54, 1.807) is 0 Å². The molecule has 0 aromatic heterocycles. The van der Waals surface area contributed by atoms with E-state index >= 15 is 0 Å². The molecule has 116 valence electrons. The molecule has 0 atom stereocenters. The molecule has 20 heavy (non-hydrogen) atoms. The summed E-state index contributed by atoms with van der Waals surface area (Å²) in [5.41, 5.74) is -2.82. The molecule has 0 spiro atoms. The molecule has 1 rings (SSSR count). The van der Waals surface area contributed by atoms with E-state index in [1.165, 1.54) is 0 Å². The van der Waals surface area contributed by atoms with Crippen LogP contribution in [0.2, 0.25) is 0 Å². The number of cyclic esters (lactones) is 1. The summed E-state index contributed by atoms with van der Waals surface area (Å²) < 4.78 is 108. The third kappa shape index (κ3) is 2.80. The smallest absolute Gasteiger partial charge is 0.449 e. The molecule has 1 heterocycles. The minimum atomic E-state index is -6.37. The average molecular weight is 314 g/mol. The molecule has 0 fully saturated rings. The Labute approximate surface area is 106 Å². The maximum absolute atomic E-state index is 13.1. The van der Waals surface area contributed by atoms with Crippen molar-refractivity contribution in [1.82, 2.24) is 0 Å². The van der Waals surface area contributed by atoms with Crippen LogP contribution in [0.5, 0.6) is 0 Å². The normalized spacial score (nSPS) is 20.6. The molecule has 0 aromatic rings. The van der Waals surface area contributed by atoms with E-state index in [0.29, 0.717) is 13.8 Å². The molecule has 0 saturated carbocycles. The number of carbonyl (C=O) groups is 1. The Hall–Kier alpha value is -1.55. The highest BCUT2D eigenvalue weighted by Crippen LogP contribution is 2.48. The van der Waals surface area contributed by atoms with Crippen molar-refractivity contribution in [2.75, 3.05) is 0 Å². The Morgan fingerprint density at radius 2 is 1.35 bits per heavy atom. The van der Waals surface area contributed by atoms with Crippen molar-refractivity contribution >= 4 is 5.97 Å². The first-order valence-corrected chi connectivity index (χ1v) is 4.78. The van der Waals surface area contributed by atoms with Crippen LogP contribution < -0.4 is 0 Å². The van der Waals surface area contributed by atoms with Crippen molar-refractivity contribution in [2.45, 2.75) is 37.9 Å². The first-order chi connectivity index (χ1) is 8.59. The van der Waals surface area contributed by atoms with Gasteiger partial charge in [0.15, 0.2) is 11.3 Å². The minimum Gasteiger partial charge on any atom is -0.449 e. The van der Waals surface area contributed by atoms with Crippen LogP contribution in [-0.4, -0.2) is 30.0 Å². The highest BCUT2D eigenvalue weighted by molar-refractivity contribution is 5.91. The Morgan fingerprint density at radius 3 is 1.70 bits per heavy atom. The highest BCUT2D eigenvalue weighted by atomic mass is 19.4. The average Bonchev–Trinajstić information content (AvgIpc) is 2.09. The van der Waals surface area contributed by atoms with Crippen molar-refractivity contribution in [3.63, 3.8) is 0 Å². The van der Waals surface area contributed by atoms with Gasteiger partial charge in [0.25, 0.3) is 0 Å². The summed E-state index contributed by atoms with van der Waals surface area (Å²) >= 11 is 0. The topological polar surface area (TPSA) is 35.5 Å². The second-order valence-electron chi connectivity index (χ2n) is 4.17. The summed E-state index contributed by atoms with van der Waals surface area (Å²) in [6.07, 6.45) is -12.2. The molecule has 0 aliphatic carbocycles. The van der Waals surface area contributed by atoms with E-state index in [9.17, 15) is 39.9 Å². The predicted octanol–water partition coefficient (Wildman–Crippen LogP) is 3.31. The lowest BCUT2D eigenvalue weighted by Gasteiger charge is -2.36. The summed E-state index contributed by atoms with van der Waals surface area (Å²) in [4.78, 5) is 11.1. The summed E-state index contributed by atoms with van der Waals surface area (Å²) in [6.45, 7) is 1.43. The first-order valence-electron chi connectivity index (χ1n) is 4.78. The second kappa shape index (κ2) is 4.22. The predicted molar refractivity (Wildman–Crippen MR) is 45.3 cm³/mol. The molecule has 0 saturated heterocycles. The molecule has 0 radical (unpaired) electrons. The van der Waals surface area contributed by atoms with Crippen molar-refractivity contribution in [3.05, 3.63) is 11.3 Å². The van der Waals surface area contributed by atoms with Crippen molar-refractivity contribution in [3.8, 4) is 0 Å². The van der Waals surface area contributed by atoms with Crippen LogP contribution in [0.1, 0.15) is 13.8 Å². The Bertz CT molecular complexity index is 457. The molecule has 0 unspecified atom stereocenters. The van der Waals surface area contributed by atoms with E-state index in [0.717, 1.165) is 0 Å². The number of hydrogen-bond donors (Lipinski definition) is 0. The van der Waals surface area contributed by atoms with Crippen LogP contribution >= 0.6 is 0 Å². The van der Waals surface area contributed by atoms with Crippen LogP contribution in [0, 0.1) is 0 Å². The van der Waals surface area contributed by atoms with Crippen LogP contribution in [0.25, 0.3) is 0 Å². The van der Waals surface area contributed by atoms with Crippen LogP contribution in [0.3, 0.4) is 0 Å². The van der Waals surface area contributed by atoms with Gasteiger partial charge in [-0.25, -0.2) is 4.79 Å². The van der Waals surface area contributed by atoms with E-state index in [4.69, 9.17) is 0 Å². The zero-order chi connectivity index (χ0) is 16.1. The first kappa shape index (κ1) is 16.5. The number of hydrogen-bond acceptors (Lipinski definition) is 3. The molecule has 11 heteroatoms. The second-order valence-corrected chi connectivity index (χ2v) is 4.17. The standard InChI is InChI=1S/C9H6F8O3/c1-6(2)19-4(7(10,11)9(15,16)17)3(5(18)20-6)8(12,13)14/h1-2H3. The Balaban J connectivity index is 3.58. The number of esters is 1. The summed E-state index contributed by atoms with van der Waals surface area (Å²) in [7, 11) is 0. The number of alkyl halides is 8. The molecular formula is C9H6F8O3. The fraction of sp³-hybridized carbons (Fsp3) is 0.667. The zero-order valence-electron chi connectivity index (χ0n) is 9.75. The third-order valence-electron chi connectivity index (χ3n) is 2.04. The molecule has 0 aromatic carbocycles. The van der Waals surface area contributed by atoms with Gasteiger partial charge >= 0.3 is 24.2 Å². The quantitative estimate of drug-likeness (QED) is 0.550. The van der Waals surface area contributed by atoms with Gasteiger partial charge < -0.3 is 9.47 Å². The van der Waals surface area contributed by atoms with Gasteiger partial charge in [0.05, 0.1) is 0 Å². The van der Waals surface area contributed by atoms with E-state index in [1.807, 2.05) is 0 Å². The van der Waals surface area contributed by atoms with Gasteiger partial charge in [0.2, 0.25) is 5.79 Å². The van der Waals surface area contributed by atoms with Gasteiger partial charge in [-0.05, 0) is 0 Å². The highest BCUT2D eigenvalue weighted by Gasteiger charge is 2.67. The van der Waals surface area contributed by atoms with E-state index in [2.05, 4.69) is 9.47 Å². The van der Waals surface area contributed by atoms with Gasteiger partial charge in [-0.2, -0.15) is 35.1 Å². The number of carbonyl (C=O) groups excluding carboxylic acids is 1. The lowest BCUT2D eigenvalue weighted by molar-refractivity contribution is -0.301. The molecule has 1 aliphatic heterocycles. The molecule has 0 bridgehead atoms. The fourth-order valence-electron chi connectivity index (χ4n) is 1.28. The number of allylic oxidation sites excluding steroid dienone is 1. The maximum atomic E-state index is 13.1. The van der Waals surface area contributed by atoms with Crippen molar-refractivity contribution in [2.24, 2.45) is 0 Å². The number of rotatable bonds is 1. The molecule has 0 amide bonds. The maximum Gasteiger partial charge on any atom is 0.461 e. The zero-order valence-corrected chi connectivity index (χ0v) is 9.75. The summed E-state index contributed by atoms with van der Waals surface area (Å²) in [6, 6.07) is 0.